The molecular formula is C19H30N4O3S. The summed E-state index contributed by atoms with van der Waals surface area (Å²) < 4.78 is 26.0. The van der Waals surface area contributed by atoms with Gasteiger partial charge in [-0.15, -0.1) is 6.58 Å². The van der Waals surface area contributed by atoms with E-state index in [-0.39, 0.29) is 17.5 Å². The summed E-state index contributed by atoms with van der Waals surface area (Å²) in [6.07, 6.45) is 3.83. The zero-order chi connectivity index (χ0) is 20.0. The van der Waals surface area contributed by atoms with Crippen molar-refractivity contribution in [3.63, 3.8) is 0 Å². The number of amides is 2. The zero-order valence-electron chi connectivity index (χ0n) is 16.4. The molecule has 1 fully saturated rings. The molecule has 1 aromatic carbocycles. The van der Waals surface area contributed by atoms with Gasteiger partial charge < -0.3 is 15.1 Å². The number of carbonyl (C=O) groups excluding carboxylic acids is 1. The molecule has 8 heteroatoms. The van der Waals surface area contributed by atoms with Crippen LogP contribution in [0.2, 0.25) is 0 Å². The molecule has 0 bridgehead atoms. The highest BCUT2D eigenvalue weighted by atomic mass is 32.2. The van der Waals surface area contributed by atoms with Crippen molar-refractivity contribution in [2.24, 2.45) is 5.92 Å². The van der Waals surface area contributed by atoms with Crippen LogP contribution < -0.4 is 5.32 Å². The van der Waals surface area contributed by atoms with E-state index in [0.29, 0.717) is 18.2 Å². The van der Waals surface area contributed by atoms with Crippen LogP contribution in [0.15, 0.2) is 41.8 Å². The van der Waals surface area contributed by atoms with E-state index in [1.54, 1.807) is 24.1 Å². The topological polar surface area (TPSA) is 73.0 Å². The molecule has 1 saturated heterocycles. The number of likely N-dealkylation sites (N-methyl/N-ethyl adjacent to an activating group) is 1. The third-order valence-electron chi connectivity index (χ3n) is 4.80. The van der Waals surface area contributed by atoms with Crippen LogP contribution >= 0.6 is 0 Å². The summed E-state index contributed by atoms with van der Waals surface area (Å²) in [6.45, 7) is 6.61. The molecule has 1 unspecified atom stereocenters. The number of nitrogens with zero attached hydrogens (tertiary/aromatic N) is 3. The zero-order valence-corrected chi connectivity index (χ0v) is 17.2. The maximum absolute atomic E-state index is 12.4. The second-order valence-electron chi connectivity index (χ2n) is 7.18. The monoisotopic (exact) mass is 394 g/mol. The number of hydrogen-bond acceptors (Lipinski definition) is 4. The van der Waals surface area contributed by atoms with Crippen molar-refractivity contribution < 1.29 is 13.2 Å². The lowest BCUT2D eigenvalue weighted by atomic mass is 9.98. The number of rotatable bonds is 7. The third-order valence-corrected chi connectivity index (χ3v) is 6.64. The Morgan fingerprint density at radius 3 is 2.59 bits per heavy atom. The Morgan fingerprint density at radius 1 is 1.33 bits per heavy atom. The molecule has 1 heterocycles. The first kappa shape index (κ1) is 21.4. The molecule has 1 aromatic rings. The first-order chi connectivity index (χ1) is 12.7. The highest BCUT2D eigenvalue weighted by molar-refractivity contribution is 7.89. The Balaban J connectivity index is 1.95. The van der Waals surface area contributed by atoms with Gasteiger partial charge in [0.25, 0.3) is 0 Å². The van der Waals surface area contributed by atoms with E-state index in [2.05, 4.69) is 23.8 Å². The first-order valence-electron chi connectivity index (χ1n) is 9.12. The minimum absolute atomic E-state index is 0.184. The molecule has 0 spiro atoms. The molecule has 1 aliphatic heterocycles. The van der Waals surface area contributed by atoms with Crippen LogP contribution in [0.1, 0.15) is 12.8 Å². The van der Waals surface area contributed by atoms with Crippen molar-refractivity contribution in [1.29, 1.82) is 0 Å². The van der Waals surface area contributed by atoms with Crippen LogP contribution in [0.25, 0.3) is 0 Å². The Kier molecular flexibility index (Phi) is 7.41. The fourth-order valence-electron chi connectivity index (χ4n) is 3.28. The Labute approximate surface area is 162 Å². The van der Waals surface area contributed by atoms with Crippen LogP contribution in [-0.2, 0) is 10.0 Å². The summed E-state index contributed by atoms with van der Waals surface area (Å²) in [5.74, 6) is 0.479. The predicted molar refractivity (Wildman–Crippen MR) is 108 cm³/mol. The quantitative estimate of drug-likeness (QED) is 0.720. The van der Waals surface area contributed by atoms with Crippen LogP contribution in [-0.4, -0.2) is 75.9 Å². The maximum atomic E-state index is 12.4. The average molecular weight is 395 g/mol. The van der Waals surface area contributed by atoms with E-state index < -0.39 is 10.0 Å². The highest BCUT2D eigenvalue weighted by Crippen LogP contribution is 2.19. The van der Waals surface area contributed by atoms with Crippen LogP contribution in [0.3, 0.4) is 0 Å². The first-order valence-corrected chi connectivity index (χ1v) is 10.6. The molecule has 7 nitrogen and oxygen atoms in total. The number of piperidine rings is 1. The molecule has 27 heavy (non-hydrogen) atoms. The lowest BCUT2D eigenvalue weighted by Crippen LogP contribution is -2.41. The van der Waals surface area contributed by atoms with E-state index in [1.165, 1.54) is 29.6 Å². The molecule has 1 aliphatic rings. The molecule has 0 radical (unpaired) electrons. The van der Waals surface area contributed by atoms with Gasteiger partial charge in [-0.1, -0.05) is 6.08 Å². The van der Waals surface area contributed by atoms with Gasteiger partial charge >= 0.3 is 6.03 Å². The summed E-state index contributed by atoms with van der Waals surface area (Å²) in [7, 11) is 1.84. The molecular weight excluding hydrogens is 364 g/mol. The van der Waals surface area contributed by atoms with Crippen molar-refractivity contribution in [3.8, 4) is 0 Å². The smallest absolute Gasteiger partial charge is 0.321 e. The standard InChI is InChI=1S/C19H30N4O3S/c1-5-12-23(4)27(25,26)18-10-8-17(9-11-18)20-19(24)22(3)15-16-7-6-13-21(2)14-16/h5,8-11,16H,1,6-7,12-15H2,2-4H3,(H,20,24). The number of likely N-dealkylation sites (tertiary alicyclic amines) is 1. The van der Waals surface area contributed by atoms with Gasteiger partial charge in [-0.3, -0.25) is 0 Å². The number of carbonyl (C=O) groups is 1. The lowest BCUT2D eigenvalue weighted by molar-refractivity contribution is 0.170. The number of anilines is 1. The van der Waals surface area contributed by atoms with Crippen molar-refractivity contribution in [2.45, 2.75) is 17.7 Å². The van der Waals surface area contributed by atoms with E-state index in [4.69, 9.17) is 0 Å². The second-order valence-corrected chi connectivity index (χ2v) is 9.22. The third kappa shape index (κ3) is 5.79. The predicted octanol–water partition coefficient (Wildman–Crippen LogP) is 2.30. The number of hydrogen-bond donors (Lipinski definition) is 1. The maximum Gasteiger partial charge on any atom is 0.321 e. The number of benzene rings is 1. The minimum Gasteiger partial charge on any atom is -0.327 e. The van der Waals surface area contributed by atoms with E-state index >= 15 is 0 Å². The van der Waals surface area contributed by atoms with Crippen LogP contribution in [0, 0.1) is 5.92 Å². The molecule has 0 saturated carbocycles. The van der Waals surface area contributed by atoms with Crippen LogP contribution in [0.4, 0.5) is 10.5 Å². The number of urea groups is 1. The van der Waals surface area contributed by atoms with Crippen molar-refractivity contribution in [3.05, 3.63) is 36.9 Å². The van der Waals surface area contributed by atoms with Gasteiger partial charge in [0, 0.05) is 39.4 Å². The number of nitrogens with one attached hydrogen (secondary N) is 1. The van der Waals surface area contributed by atoms with E-state index in [9.17, 15) is 13.2 Å². The van der Waals surface area contributed by atoms with Gasteiger partial charge in [-0.25, -0.2) is 13.2 Å². The summed E-state index contributed by atoms with van der Waals surface area (Å²) in [4.78, 5) is 16.6. The Bertz CT molecular complexity index is 749. The van der Waals surface area contributed by atoms with Gasteiger partial charge in [0.1, 0.15) is 0 Å². The molecule has 1 atom stereocenters. The molecule has 0 aromatic heterocycles. The van der Waals surface area contributed by atoms with Gasteiger partial charge in [-0.05, 0) is 56.6 Å². The molecule has 150 valence electrons. The Hall–Kier alpha value is -1.90. The van der Waals surface area contributed by atoms with Crippen molar-refractivity contribution in [1.82, 2.24) is 14.1 Å². The van der Waals surface area contributed by atoms with E-state index in [1.807, 2.05) is 0 Å². The number of sulfonamides is 1. The van der Waals surface area contributed by atoms with Gasteiger partial charge in [0.2, 0.25) is 10.0 Å². The fraction of sp³-hybridized carbons (Fsp3) is 0.526. The summed E-state index contributed by atoms with van der Waals surface area (Å²) >= 11 is 0. The largest absolute Gasteiger partial charge is 0.327 e. The molecule has 0 aliphatic carbocycles. The van der Waals surface area contributed by atoms with Gasteiger partial charge in [0.05, 0.1) is 4.90 Å². The molecule has 1 N–H and O–H groups in total. The Morgan fingerprint density at radius 2 is 2.00 bits per heavy atom. The summed E-state index contributed by atoms with van der Waals surface area (Å²) in [6, 6.07) is 6.02. The summed E-state index contributed by atoms with van der Waals surface area (Å²) in [5.41, 5.74) is 0.568. The normalized spacial score (nSPS) is 18.3. The van der Waals surface area contributed by atoms with Crippen molar-refractivity contribution in [2.75, 3.05) is 52.6 Å². The van der Waals surface area contributed by atoms with E-state index in [0.717, 1.165) is 25.9 Å². The van der Waals surface area contributed by atoms with Crippen LogP contribution in [0.5, 0.6) is 0 Å². The minimum atomic E-state index is -3.55. The highest BCUT2D eigenvalue weighted by Gasteiger charge is 2.22. The fourth-order valence-corrected chi connectivity index (χ4v) is 4.42. The lowest BCUT2D eigenvalue weighted by Gasteiger charge is -2.32. The second kappa shape index (κ2) is 9.34. The van der Waals surface area contributed by atoms with Gasteiger partial charge in [-0.2, -0.15) is 4.31 Å². The van der Waals surface area contributed by atoms with Gasteiger partial charge in [0.15, 0.2) is 0 Å². The SMILES string of the molecule is C=CCN(C)S(=O)(=O)c1ccc(NC(=O)N(C)CC2CCCN(C)C2)cc1. The van der Waals surface area contributed by atoms with Crippen molar-refractivity contribution >= 4 is 21.7 Å². The molecule has 2 rings (SSSR count). The average Bonchev–Trinajstić information content (AvgIpc) is 2.62. The molecule has 2 amide bonds. The summed E-state index contributed by atoms with van der Waals surface area (Å²) in [5, 5.41) is 2.82.